The number of benzene rings is 2. The van der Waals surface area contributed by atoms with Crippen LogP contribution in [0.15, 0.2) is 42.5 Å². The standard InChI is InChI=1S/C25H28Cl2N4O5/c26-17-4-3-5-18(27)20(17)21(32)30-16-8-6-15(7-9-16)14-19(22(33)34)31-23(35)25(10-1-2-11-25)12-13-29-24(28)36/h3-9,19H,1-2,10-14H2,(H,30,32)(H,31,35)(H,33,34)(H3,28,29,36)/t19-/m0/s1. The van der Waals surface area contributed by atoms with Crippen molar-refractivity contribution in [3.05, 3.63) is 63.6 Å². The molecule has 0 saturated heterocycles. The molecule has 0 aliphatic heterocycles. The Morgan fingerprint density at radius 1 is 1.00 bits per heavy atom. The van der Waals surface area contributed by atoms with Crippen LogP contribution in [0.5, 0.6) is 0 Å². The van der Waals surface area contributed by atoms with Crippen molar-refractivity contribution < 1.29 is 24.3 Å². The molecule has 9 nitrogen and oxygen atoms in total. The van der Waals surface area contributed by atoms with Gasteiger partial charge in [-0.05, 0) is 49.1 Å². The molecule has 1 saturated carbocycles. The van der Waals surface area contributed by atoms with E-state index in [1.165, 1.54) is 0 Å². The maximum absolute atomic E-state index is 13.1. The molecule has 2 aromatic rings. The molecule has 192 valence electrons. The molecule has 1 atom stereocenters. The Morgan fingerprint density at radius 2 is 1.61 bits per heavy atom. The lowest BCUT2D eigenvalue weighted by molar-refractivity contribution is -0.144. The Kier molecular flexibility index (Phi) is 9.17. The van der Waals surface area contributed by atoms with Gasteiger partial charge in [-0.3, -0.25) is 9.59 Å². The first-order valence-corrected chi connectivity index (χ1v) is 12.3. The number of amides is 4. The molecule has 6 N–H and O–H groups in total. The van der Waals surface area contributed by atoms with E-state index in [0.29, 0.717) is 30.5 Å². The van der Waals surface area contributed by atoms with E-state index in [-0.39, 0.29) is 34.5 Å². The van der Waals surface area contributed by atoms with Crippen LogP contribution in [-0.2, 0) is 16.0 Å². The average Bonchev–Trinajstić information content (AvgIpc) is 3.29. The summed E-state index contributed by atoms with van der Waals surface area (Å²) < 4.78 is 0. The number of carboxylic acids is 1. The first kappa shape index (κ1) is 27.3. The second-order valence-corrected chi connectivity index (χ2v) is 9.66. The van der Waals surface area contributed by atoms with E-state index in [1.807, 2.05) is 0 Å². The predicted molar refractivity (Wildman–Crippen MR) is 137 cm³/mol. The maximum Gasteiger partial charge on any atom is 0.326 e. The second kappa shape index (κ2) is 12.1. The van der Waals surface area contributed by atoms with Gasteiger partial charge in [-0.1, -0.05) is 54.2 Å². The van der Waals surface area contributed by atoms with Crippen molar-refractivity contribution >= 4 is 52.7 Å². The number of aliphatic carboxylic acids is 1. The number of carboxylic acid groups (broad SMARTS) is 1. The van der Waals surface area contributed by atoms with Crippen LogP contribution < -0.4 is 21.7 Å². The summed E-state index contributed by atoms with van der Waals surface area (Å²) in [6.45, 7) is 0.243. The molecule has 3 rings (SSSR count). The van der Waals surface area contributed by atoms with Crippen LogP contribution in [0, 0.1) is 5.41 Å². The summed E-state index contributed by atoms with van der Waals surface area (Å²) >= 11 is 12.2. The quantitative estimate of drug-likeness (QED) is 0.312. The zero-order chi connectivity index (χ0) is 26.3. The van der Waals surface area contributed by atoms with Gasteiger partial charge in [0, 0.05) is 18.7 Å². The number of carbonyl (C=O) groups excluding carboxylic acids is 3. The van der Waals surface area contributed by atoms with Crippen LogP contribution >= 0.6 is 23.2 Å². The fourth-order valence-corrected chi connectivity index (χ4v) is 5.02. The molecule has 0 radical (unpaired) electrons. The number of nitrogens with two attached hydrogens (primary N) is 1. The minimum absolute atomic E-state index is 0.0568. The third kappa shape index (κ3) is 6.89. The maximum atomic E-state index is 13.1. The number of carbonyl (C=O) groups is 4. The van der Waals surface area contributed by atoms with E-state index in [9.17, 15) is 24.3 Å². The van der Waals surface area contributed by atoms with Crippen molar-refractivity contribution in [1.82, 2.24) is 10.6 Å². The zero-order valence-electron chi connectivity index (χ0n) is 19.5. The number of nitrogens with one attached hydrogen (secondary N) is 3. The van der Waals surface area contributed by atoms with Crippen molar-refractivity contribution in [1.29, 1.82) is 0 Å². The van der Waals surface area contributed by atoms with Gasteiger partial charge in [0.05, 0.1) is 21.0 Å². The first-order chi connectivity index (χ1) is 17.1. The zero-order valence-corrected chi connectivity index (χ0v) is 21.0. The van der Waals surface area contributed by atoms with E-state index < -0.39 is 29.4 Å². The number of rotatable bonds is 10. The smallest absolute Gasteiger partial charge is 0.326 e. The van der Waals surface area contributed by atoms with Crippen molar-refractivity contribution in [2.45, 2.75) is 44.6 Å². The Bertz CT molecular complexity index is 1110. The summed E-state index contributed by atoms with van der Waals surface area (Å²) in [5.74, 6) is -1.96. The molecule has 4 amide bonds. The van der Waals surface area contributed by atoms with Gasteiger partial charge in [-0.2, -0.15) is 0 Å². The summed E-state index contributed by atoms with van der Waals surface area (Å²) in [4.78, 5) is 48.6. The molecule has 0 spiro atoms. The Morgan fingerprint density at radius 3 is 2.17 bits per heavy atom. The fraction of sp³-hybridized carbons (Fsp3) is 0.360. The van der Waals surface area contributed by atoms with Gasteiger partial charge < -0.3 is 26.8 Å². The van der Waals surface area contributed by atoms with Crippen LogP contribution in [-0.4, -0.2) is 41.5 Å². The van der Waals surface area contributed by atoms with Gasteiger partial charge in [-0.15, -0.1) is 0 Å². The van der Waals surface area contributed by atoms with Crippen LogP contribution in [0.4, 0.5) is 10.5 Å². The Labute approximate surface area is 218 Å². The van der Waals surface area contributed by atoms with E-state index >= 15 is 0 Å². The molecule has 1 fully saturated rings. The van der Waals surface area contributed by atoms with Crippen LogP contribution in [0.2, 0.25) is 10.0 Å². The minimum atomic E-state index is -1.16. The van der Waals surface area contributed by atoms with Crippen molar-refractivity contribution in [3.63, 3.8) is 0 Å². The highest BCUT2D eigenvalue weighted by atomic mass is 35.5. The Hall–Kier alpha value is -3.30. The second-order valence-electron chi connectivity index (χ2n) is 8.84. The molecular formula is C25H28Cl2N4O5. The van der Waals surface area contributed by atoms with E-state index in [0.717, 1.165) is 12.8 Å². The average molecular weight is 535 g/mol. The van der Waals surface area contributed by atoms with Crippen LogP contribution in [0.3, 0.4) is 0 Å². The number of anilines is 1. The summed E-state index contributed by atoms with van der Waals surface area (Å²) in [6.07, 6.45) is 3.40. The lowest BCUT2D eigenvalue weighted by Crippen LogP contribution is -2.49. The largest absolute Gasteiger partial charge is 0.480 e. The van der Waals surface area contributed by atoms with Crippen LogP contribution in [0.1, 0.15) is 48.0 Å². The Balaban J connectivity index is 1.64. The molecule has 11 heteroatoms. The van der Waals surface area contributed by atoms with Crippen molar-refractivity contribution in [2.75, 3.05) is 11.9 Å². The number of hydrogen-bond acceptors (Lipinski definition) is 4. The highest BCUT2D eigenvalue weighted by Gasteiger charge is 2.42. The van der Waals surface area contributed by atoms with Crippen LogP contribution in [0.25, 0.3) is 0 Å². The molecule has 0 aromatic heterocycles. The third-order valence-electron chi connectivity index (χ3n) is 6.39. The summed E-state index contributed by atoms with van der Waals surface area (Å²) in [5.41, 5.74) is 5.68. The predicted octanol–water partition coefficient (Wildman–Crippen LogP) is 3.98. The fourth-order valence-electron chi connectivity index (χ4n) is 4.45. The normalized spacial score (nSPS) is 15.1. The molecule has 0 unspecified atom stereocenters. The van der Waals surface area contributed by atoms with Gasteiger partial charge in [0.25, 0.3) is 5.91 Å². The van der Waals surface area contributed by atoms with Crippen molar-refractivity contribution in [3.8, 4) is 0 Å². The number of urea groups is 1. The van der Waals surface area contributed by atoms with Gasteiger partial charge in [0.1, 0.15) is 6.04 Å². The summed E-state index contributed by atoms with van der Waals surface area (Å²) in [6, 6.07) is 9.58. The molecule has 2 aromatic carbocycles. The molecule has 36 heavy (non-hydrogen) atoms. The molecule has 0 heterocycles. The highest BCUT2D eigenvalue weighted by molar-refractivity contribution is 6.40. The minimum Gasteiger partial charge on any atom is -0.480 e. The summed E-state index contributed by atoms with van der Waals surface area (Å²) in [7, 11) is 0. The molecule has 1 aliphatic carbocycles. The number of halogens is 2. The van der Waals surface area contributed by atoms with Gasteiger partial charge in [0.2, 0.25) is 5.91 Å². The van der Waals surface area contributed by atoms with Crippen molar-refractivity contribution in [2.24, 2.45) is 11.1 Å². The highest BCUT2D eigenvalue weighted by Crippen LogP contribution is 2.41. The van der Waals surface area contributed by atoms with E-state index in [4.69, 9.17) is 28.9 Å². The lowest BCUT2D eigenvalue weighted by atomic mass is 9.81. The van der Waals surface area contributed by atoms with E-state index in [1.54, 1.807) is 42.5 Å². The van der Waals surface area contributed by atoms with Gasteiger partial charge in [0.15, 0.2) is 0 Å². The van der Waals surface area contributed by atoms with E-state index in [2.05, 4.69) is 16.0 Å². The van der Waals surface area contributed by atoms with Gasteiger partial charge in [-0.25, -0.2) is 9.59 Å². The number of hydrogen-bond donors (Lipinski definition) is 5. The third-order valence-corrected chi connectivity index (χ3v) is 7.02. The summed E-state index contributed by atoms with van der Waals surface area (Å²) in [5, 5.41) is 18.1. The monoisotopic (exact) mass is 534 g/mol. The van der Waals surface area contributed by atoms with Gasteiger partial charge >= 0.3 is 12.0 Å². The first-order valence-electron chi connectivity index (χ1n) is 11.5. The SMILES string of the molecule is NC(=O)NCCC1(C(=O)N[C@@H](Cc2ccc(NC(=O)c3c(Cl)cccc3Cl)cc2)C(=O)O)CCCC1. The lowest BCUT2D eigenvalue weighted by Gasteiger charge is -2.29. The molecular weight excluding hydrogens is 507 g/mol. The molecule has 1 aliphatic rings. The topological polar surface area (TPSA) is 151 Å². The molecule has 0 bridgehead atoms. The number of primary amides is 1.